The van der Waals surface area contributed by atoms with Gasteiger partial charge in [0, 0.05) is 20.8 Å². The minimum Gasteiger partial charge on any atom is -0.383 e. The van der Waals surface area contributed by atoms with Gasteiger partial charge in [-0.05, 0) is 0 Å². The Morgan fingerprint density at radius 2 is 1.94 bits per heavy atom. The Morgan fingerprint density at radius 3 is 2.50 bits per heavy atom. The van der Waals surface area contributed by atoms with Crippen LogP contribution in [0.15, 0.2) is 0 Å². The molecule has 16 heavy (non-hydrogen) atoms. The first-order valence-electron chi connectivity index (χ1n) is 4.89. The fourth-order valence-electron chi connectivity index (χ4n) is 0.909. The smallest absolute Gasteiger partial charge is 0.239 e. The van der Waals surface area contributed by atoms with Crippen molar-refractivity contribution < 1.29 is 19.1 Å². The molecule has 1 unspecified atom stereocenters. The van der Waals surface area contributed by atoms with E-state index in [4.69, 9.17) is 15.2 Å². The highest BCUT2D eigenvalue weighted by Gasteiger charge is 2.13. The second kappa shape index (κ2) is 9.08. The van der Waals surface area contributed by atoms with Crippen LogP contribution in [0.25, 0.3) is 0 Å². The number of carbonyl (C=O) groups is 2. The zero-order valence-electron chi connectivity index (χ0n) is 9.62. The van der Waals surface area contributed by atoms with Gasteiger partial charge in [0.1, 0.15) is 6.04 Å². The predicted molar refractivity (Wildman–Crippen MR) is 57.7 cm³/mol. The third-order valence-electron chi connectivity index (χ3n) is 1.73. The van der Waals surface area contributed by atoms with Crippen molar-refractivity contribution in [2.45, 2.75) is 6.04 Å². The lowest BCUT2D eigenvalue weighted by Gasteiger charge is -2.11. The second-order valence-corrected chi connectivity index (χ2v) is 3.12. The van der Waals surface area contributed by atoms with E-state index in [0.717, 1.165) is 0 Å². The van der Waals surface area contributed by atoms with E-state index in [9.17, 15) is 9.59 Å². The SMILES string of the molecule is COCCNC(=O)CNC(=O)C(N)COC. The first-order chi connectivity index (χ1) is 7.61. The molecule has 4 N–H and O–H groups in total. The van der Waals surface area contributed by atoms with Crippen molar-refractivity contribution in [3.05, 3.63) is 0 Å². The van der Waals surface area contributed by atoms with Crippen molar-refractivity contribution >= 4 is 11.8 Å². The lowest BCUT2D eigenvalue weighted by molar-refractivity contribution is -0.127. The number of hydrogen-bond acceptors (Lipinski definition) is 5. The van der Waals surface area contributed by atoms with Crippen molar-refractivity contribution in [1.82, 2.24) is 10.6 Å². The molecule has 94 valence electrons. The molecule has 0 saturated carbocycles. The minimum atomic E-state index is -0.753. The monoisotopic (exact) mass is 233 g/mol. The zero-order chi connectivity index (χ0) is 12.4. The normalized spacial score (nSPS) is 11.9. The summed E-state index contributed by atoms with van der Waals surface area (Å²) in [6.45, 7) is 0.870. The quantitative estimate of drug-likeness (QED) is 0.414. The highest BCUT2D eigenvalue weighted by molar-refractivity contribution is 5.87. The predicted octanol–water partition coefficient (Wildman–Crippen LogP) is -2.16. The van der Waals surface area contributed by atoms with Gasteiger partial charge in [-0.15, -0.1) is 0 Å². The number of methoxy groups -OCH3 is 2. The van der Waals surface area contributed by atoms with Crippen LogP contribution in [0.4, 0.5) is 0 Å². The maximum atomic E-state index is 11.2. The van der Waals surface area contributed by atoms with Gasteiger partial charge in [0.25, 0.3) is 0 Å². The summed E-state index contributed by atoms with van der Waals surface area (Å²) < 4.78 is 9.46. The van der Waals surface area contributed by atoms with Gasteiger partial charge in [0.15, 0.2) is 0 Å². The largest absolute Gasteiger partial charge is 0.383 e. The van der Waals surface area contributed by atoms with Crippen molar-refractivity contribution in [2.24, 2.45) is 5.73 Å². The van der Waals surface area contributed by atoms with E-state index in [-0.39, 0.29) is 19.1 Å². The van der Waals surface area contributed by atoms with Gasteiger partial charge in [-0.2, -0.15) is 0 Å². The highest BCUT2D eigenvalue weighted by atomic mass is 16.5. The Kier molecular flexibility index (Phi) is 8.41. The summed E-state index contributed by atoms with van der Waals surface area (Å²) in [5.74, 6) is -0.696. The van der Waals surface area contributed by atoms with Crippen LogP contribution in [0.5, 0.6) is 0 Å². The number of nitrogens with one attached hydrogen (secondary N) is 2. The van der Waals surface area contributed by atoms with Crippen molar-refractivity contribution in [3.8, 4) is 0 Å². The van der Waals surface area contributed by atoms with E-state index >= 15 is 0 Å². The number of carbonyl (C=O) groups excluding carboxylic acids is 2. The molecule has 0 aromatic rings. The molecule has 2 amide bonds. The molecule has 0 radical (unpaired) electrons. The lowest BCUT2D eigenvalue weighted by Crippen LogP contribution is -2.47. The average Bonchev–Trinajstić information content (AvgIpc) is 2.26. The summed E-state index contributed by atoms with van der Waals surface area (Å²) in [6.07, 6.45) is 0. The van der Waals surface area contributed by atoms with Gasteiger partial charge < -0.3 is 25.8 Å². The summed E-state index contributed by atoms with van der Waals surface area (Å²) in [5, 5.41) is 4.96. The molecule has 0 aromatic carbocycles. The maximum Gasteiger partial charge on any atom is 0.239 e. The zero-order valence-corrected chi connectivity index (χ0v) is 9.62. The third kappa shape index (κ3) is 7.16. The van der Waals surface area contributed by atoms with Gasteiger partial charge in [0.05, 0.1) is 19.8 Å². The Morgan fingerprint density at radius 1 is 1.25 bits per heavy atom. The second-order valence-electron chi connectivity index (χ2n) is 3.12. The summed E-state index contributed by atoms with van der Waals surface area (Å²) in [5.41, 5.74) is 5.45. The molecule has 0 fully saturated rings. The van der Waals surface area contributed by atoms with Gasteiger partial charge in [-0.3, -0.25) is 9.59 Å². The van der Waals surface area contributed by atoms with E-state index in [0.29, 0.717) is 13.2 Å². The lowest BCUT2D eigenvalue weighted by atomic mass is 10.3. The minimum absolute atomic E-state index is 0.0973. The first-order valence-corrected chi connectivity index (χ1v) is 4.89. The molecule has 0 rings (SSSR count). The van der Waals surface area contributed by atoms with Crippen LogP contribution in [0.3, 0.4) is 0 Å². The summed E-state index contributed by atoms with van der Waals surface area (Å²) >= 11 is 0. The molecule has 0 aliphatic rings. The van der Waals surface area contributed by atoms with Crippen molar-refractivity contribution in [2.75, 3.05) is 40.5 Å². The molecule has 0 saturated heterocycles. The molecular weight excluding hydrogens is 214 g/mol. The van der Waals surface area contributed by atoms with Crippen LogP contribution < -0.4 is 16.4 Å². The molecular formula is C9H19N3O4. The molecule has 7 heteroatoms. The van der Waals surface area contributed by atoms with Gasteiger partial charge in [-0.25, -0.2) is 0 Å². The molecule has 0 heterocycles. The molecule has 7 nitrogen and oxygen atoms in total. The van der Waals surface area contributed by atoms with E-state index in [2.05, 4.69) is 10.6 Å². The molecule has 0 aliphatic carbocycles. The van der Waals surface area contributed by atoms with Gasteiger partial charge in [0.2, 0.25) is 11.8 Å². The van der Waals surface area contributed by atoms with Gasteiger partial charge >= 0.3 is 0 Å². The van der Waals surface area contributed by atoms with E-state index in [1.54, 1.807) is 0 Å². The Bertz CT molecular complexity index is 223. The molecule has 0 aliphatic heterocycles. The van der Waals surface area contributed by atoms with Crippen LogP contribution in [0.2, 0.25) is 0 Å². The molecule has 0 spiro atoms. The highest BCUT2D eigenvalue weighted by Crippen LogP contribution is 1.79. The van der Waals surface area contributed by atoms with Crippen LogP contribution >= 0.6 is 0 Å². The van der Waals surface area contributed by atoms with Crippen molar-refractivity contribution in [3.63, 3.8) is 0 Å². The van der Waals surface area contributed by atoms with Crippen LogP contribution in [-0.2, 0) is 19.1 Å². The average molecular weight is 233 g/mol. The maximum absolute atomic E-state index is 11.2. The number of nitrogens with two attached hydrogens (primary N) is 1. The fourth-order valence-corrected chi connectivity index (χ4v) is 0.909. The van der Waals surface area contributed by atoms with E-state index in [1.807, 2.05) is 0 Å². The topological polar surface area (TPSA) is 103 Å². The van der Waals surface area contributed by atoms with Crippen molar-refractivity contribution in [1.29, 1.82) is 0 Å². The Hall–Kier alpha value is -1.18. The summed E-state index contributed by atoms with van der Waals surface area (Å²) in [6, 6.07) is -0.753. The van der Waals surface area contributed by atoms with E-state index in [1.165, 1.54) is 14.2 Å². The Balaban J connectivity index is 3.62. The van der Waals surface area contributed by atoms with Gasteiger partial charge in [-0.1, -0.05) is 0 Å². The molecule has 0 bridgehead atoms. The standard InChI is InChI=1S/C9H19N3O4/c1-15-4-3-11-8(13)5-12-9(14)7(10)6-16-2/h7H,3-6,10H2,1-2H3,(H,11,13)(H,12,14). The summed E-state index contributed by atoms with van der Waals surface area (Å²) in [4.78, 5) is 22.4. The first kappa shape index (κ1) is 14.8. The number of ether oxygens (including phenoxy) is 2. The number of amides is 2. The van der Waals surface area contributed by atoms with E-state index < -0.39 is 11.9 Å². The third-order valence-corrected chi connectivity index (χ3v) is 1.73. The van der Waals surface area contributed by atoms with Crippen LogP contribution in [0.1, 0.15) is 0 Å². The fraction of sp³-hybridized carbons (Fsp3) is 0.778. The van der Waals surface area contributed by atoms with Crippen LogP contribution in [-0.4, -0.2) is 58.4 Å². The molecule has 0 aromatic heterocycles. The molecule has 1 atom stereocenters. The number of hydrogen-bond donors (Lipinski definition) is 3. The van der Waals surface area contributed by atoms with Crippen LogP contribution in [0, 0.1) is 0 Å². The Labute approximate surface area is 94.6 Å². The summed E-state index contributed by atoms with van der Waals surface area (Å²) in [7, 11) is 2.99. The number of rotatable bonds is 8.